The summed E-state index contributed by atoms with van der Waals surface area (Å²) in [5.41, 5.74) is 0.628. The van der Waals surface area contributed by atoms with Crippen LogP contribution in [0.1, 0.15) is 13.8 Å². The van der Waals surface area contributed by atoms with Crippen LogP contribution in [0.15, 0.2) is 48.5 Å². The number of ether oxygens (including phenoxy) is 2. The third-order valence-corrected chi connectivity index (χ3v) is 3.13. The van der Waals surface area contributed by atoms with E-state index in [1.54, 1.807) is 62.4 Å². The third-order valence-electron chi connectivity index (χ3n) is 2.64. The van der Waals surface area contributed by atoms with Crippen molar-refractivity contribution in [3.05, 3.63) is 58.6 Å². The molecule has 140 valence electrons. The fourth-order valence-corrected chi connectivity index (χ4v) is 1.90. The molecule has 0 saturated carbocycles. The van der Waals surface area contributed by atoms with Gasteiger partial charge in [0.25, 0.3) is 0 Å². The number of hydrogen-bond acceptors (Lipinski definition) is 4. The molecule has 0 aromatic heterocycles. The Kier molecular flexibility index (Phi) is 9.33. The molecular weight excluding hydrogens is 379 g/mol. The Labute approximate surface area is 162 Å². The van der Waals surface area contributed by atoms with E-state index in [-0.39, 0.29) is 6.10 Å². The maximum Gasteiger partial charge on any atom is 0.412 e. The number of anilines is 1. The predicted molar refractivity (Wildman–Crippen MR) is 103 cm³/mol. The number of nitrogens with one attached hydrogen (secondary N) is 2. The summed E-state index contributed by atoms with van der Waals surface area (Å²) < 4.78 is 9.71. The van der Waals surface area contributed by atoms with E-state index in [1.807, 2.05) is 0 Å². The summed E-state index contributed by atoms with van der Waals surface area (Å²) in [5.74, 6) is 0.471. The van der Waals surface area contributed by atoms with Crippen molar-refractivity contribution >= 4 is 41.1 Å². The monoisotopic (exact) mass is 398 g/mol. The zero-order chi connectivity index (χ0) is 19.5. The molecule has 0 aliphatic heterocycles. The van der Waals surface area contributed by atoms with Crippen molar-refractivity contribution in [1.29, 1.82) is 0 Å². The Morgan fingerprint density at radius 3 is 2.15 bits per heavy atom. The van der Waals surface area contributed by atoms with Gasteiger partial charge >= 0.3 is 12.2 Å². The number of amides is 2. The molecule has 0 aliphatic carbocycles. The zero-order valence-electron chi connectivity index (χ0n) is 14.6. The third kappa shape index (κ3) is 9.15. The van der Waals surface area contributed by atoms with E-state index in [0.29, 0.717) is 21.5 Å². The fourth-order valence-electron chi connectivity index (χ4n) is 1.59. The quantitative estimate of drug-likeness (QED) is 0.729. The molecule has 2 aromatic rings. The van der Waals surface area contributed by atoms with Gasteiger partial charge < -0.3 is 14.8 Å². The van der Waals surface area contributed by atoms with Crippen LogP contribution < -0.4 is 15.4 Å². The van der Waals surface area contributed by atoms with Crippen LogP contribution in [0.3, 0.4) is 0 Å². The summed E-state index contributed by atoms with van der Waals surface area (Å²) in [7, 11) is 1.50. The first-order valence-electron chi connectivity index (χ1n) is 7.68. The molecule has 2 rings (SSSR count). The summed E-state index contributed by atoms with van der Waals surface area (Å²) in [4.78, 5) is 21.9. The van der Waals surface area contributed by atoms with Gasteiger partial charge in [-0.3, -0.25) is 5.32 Å². The summed E-state index contributed by atoms with van der Waals surface area (Å²) in [5, 5.41) is 6.09. The second-order valence-corrected chi connectivity index (χ2v) is 6.06. The number of carbonyl (C=O) groups excluding carboxylic acids is 2. The largest absolute Gasteiger partial charge is 0.447 e. The lowest BCUT2D eigenvalue weighted by Gasteiger charge is -2.09. The number of carbonyl (C=O) groups is 2. The van der Waals surface area contributed by atoms with Crippen LogP contribution in [0.25, 0.3) is 0 Å². The molecule has 0 heterocycles. The standard InChI is InChI=1S/C10H12ClNO2.C8H8ClNO2/c1-7(2)14-10(13)12-9-5-3-4-8(11)6-9;1-10-8(11)12-7-4-2-6(9)3-5-7/h3-7H,1-2H3,(H,12,13);2-5H,1H3,(H,10,11). The van der Waals surface area contributed by atoms with Gasteiger partial charge in [-0.2, -0.15) is 0 Å². The van der Waals surface area contributed by atoms with Crippen molar-refractivity contribution in [3.8, 4) is 5.75 Å². The van der Waals surface area contributed by atoms with E-state index < -0.39 is 12.2 Å². The van der Waals surface area contributed by atoms with Gasteiger partial charge in [-0.15, -0.1) is 0 Å². The van der Waals surface area contributed by atoms with Gasteiger partial charge in [0.05, 0.1) is 6.10 Å². The molecule has 0 atom stereocenters. The van der Waals surface area contributed by atoms with Gasteiger partial charge in [0.15, 0.2) is 0 Å². The molecule has 8 heteroatoms. The maximum absolute atomic E-state index is 11.2. The second kappa shape index (κ2) is 11.2. The molecule has 0 spiro atoms. The highest BCUT2D eigenvalue weighted by Gasteiger charge is 2.05. The van der Waals surface area contributed by atoms with E-state index in [4.69, 9.17) is 32.7 Å². The van der Waals surface area contributed by atoms with E-state index >= 15 is 0 Å². The molecular formula is C18H20Cl2N2O4. The predicted octanol–water partition coefficient (Wildman–Crippen LogP) is 5.36. The number of halogens is 2. The molecule has 0 fully saturated rings. The topological polar surface area (TPSA) is 76.7 Å². The average molecular weight is 399 g/mol. The lowest BCUT2D eigenvalue weighted by Crippen LogP contribution is -2.21. The SMILES string of the molecule is CC(C)OC(=O)Nc1cccc(Cl)c1.CNC(=O)Oc1ccc(Cl)cc1. The molecule has 2 N–H and O–H groups in total. The van der Waals surface area contributed by atoms with Crippen LogP contribution in [0.2, 0.25) is 10.0 Å². The summed E-state index contributed by atoms with van der Waals surface area (Å²) in [6.07, 6.45) is -1.09. The molecule has 0 unspecified atom stereocenters. The van der Waals surface area contributed by atoms with Crippen LogP contribution in [0, 0.1) is 0 Å². The Bertz CT molecular complexity index is 721. The van der Waals surface area contributed by atoms with E-state index in [1.165, 1.54) is 7.05 Å². The molecule has 2 amide bonds. The Hall–Kier alpha value is -2.44. The number of rotatable bonds is 3. The first kappa shape index (κ1) is 21.6. The minimum Gasteiger partial charge on any atom is -0.447 e. The zero-order valence-corrected chi connectivity index (χ0v) is 16.1. The van der Waals surface area contributed by atoms with E-state index in [9.17, 15) is 9.59 Å². The van der Waals surface area contributed by atoms with Crippen LogP contribution in [0.5, 0.6) is 5.75 Å². The number of hydrogen-bond donors (Lipinski definition) is 2. The molecule has 0 aliphatic rings. The van der Waals surface area contributed by atoms with Gasteiger partial charge in [-0.1, -0.05) is 29.3 Å². The van der Waals surface area contributed by atoms with Crippen LogP contribution in [0.4, 0.5) is 15.3 Å². The van der Waals surface area contributed by atoms with Gasteiger partial charge in [0.1, 0.15) is 5.75 Å². The van der Waals surface area contributed by atoms with Gasteiger partial charge in [0.2, 0.25) is 0 Å². The smallest absolute Gasteiger partial charge is 0.412 e. The fraction of sp³-hybridized carbons (Fsp3) is 0.222. The summed E-state index contributed by atoms with van der Waals surface area (Å²) in [6.45, 7) is 3.58. The lowest BCUT2D eigenvalue weighted by molar-refractivity contribution is 0.130. The minimum atomic E-state index is -0.489. The van der Waals surface area contributed by atoms with E-state index in [2.05, 4.69) is 10.6 Å². The Morgan fingerprint density at radius 2 is 1.62 bits per heavy atom. The van der Waals surface area contributed by atoms with Crippen LogP contribution in [-0.4, -0.2) is 25.3 Å². The summed E-state index contributed by atoms with van der Waals surface area (Å²) in [6, 6.07) is 13.4. The highest BCUT2D eigenvalue weighted by molar-refractivity contribution is 6.31. The Morgan fingerprint density at radius 1 is 0.962 bits per heavy atom. The first-order chi connectivity index (χ1) is 12.3. The van der Waals surface area contributed by atoms with Crippen molar-refractivity contribution < 1.29 is 19.1 Å². The van der Waals surface area contributed by atoms with Crippen molar-refractivity contribution in [2.24, 2.45) is 0 Å². The van der Waals surface area contributed by atoms with Crippen molar-refractivity contribution in [2.75, 3.05) is 12.4 Å². The first-order valence-corrected chi connectivity index (χ1v) is 8.44. The van der Waals surface area contributed by atoms with E-state index in [0.717, 1.165) is 0 Å². The normalized spacial score (nSPS) is 9.62. The van der Waals surface area contributed by atoms with Gasteiger partial charge in [0, 0.05) is 22.8 Å². The maximum atomic E-state index is 11.2. The van der Waals surface area contributed by atoms with Crippen molar-refractivity contribution in [3.63, 3.8) is 0 Å². The van der Waals surface area contributed by atoms with Gasteiger partial charge in [-0.05, 0) is 56.3 Å². The van der Waals surface area contributed by atoms with Crippen LogP contribution >= 0.6 is 23.2 Å². The highest BCUT2D eigenvalue weighted by atomic mass is 35.5. The number of benzene rings is 2. The molecule has 2 aromatic carbocycles. The van der Waals surface area contributed by atoms with Crippen LogP contribution in [-0.2, 0) is 4.74 Å². The molecule has 0 radical (unpaired) electrons. The molecule has 0 bridgehead atoms. The van der Waals surface area contributed by atoms with Gasteiger partial charge in [-0.25, -0.2) is 9.59 Å². The molecule has 0 saturated heterocycles. The minimum absolute atomic E-state index is 0.130. The van der Waals surface area contributed by atoms with Crippen molar-refractivity contribution in [1.82, 2.24) is 5.32 Å². The van der Waals surface area contributed by atoms with Crippen molar-refractivity contribution in [2.45, 2.75) is 20.0 Å². The Balaban J connectivity index is 0.000000263. The lowest BCUT2D eigenvalue weighted by atomic mass is 10.3. The second-order valence-electron chi connectivity index (χ2n) is 5.18. The molecule has 26 heavy (non-hydrogen) atoms. The average Bonchev–Trinajstić information content (AvgIpc) is 2.56. The highest BCUT2D eigenvalue weighted by Crippen LogP contribution is 2.16. The summed E-state index contributed by atoms with van der Waals surface area (Å²) >= 11 is 11.4. The molecule has 6 nitrogen and oxygen atoms in total.